The number of rotatable bonds is 6. The van der Waals surface area contributed by atoms with Gasteiger partial charge in [-0.05, 0) is 41.0 Å². The summed E-state index contributed by atoms with van der Waals surface area (Å²) in [6.07, 6.45) is 5.78. The lowest BCUT2D eigenvalue weighted by Crippen LogP contribution is -1.93. The summed E-state index contributed by atoms with van der Waals surface area (Å²) in [5, 5.41) is 1.50. The lowest BCUT2D eigenvalue weighted by molar-refractivity contribution is 0.184. The first-order valence-corrected chi connectivity index (χ1v) is 8.51. The molecule has 0 aliphatic rings. The molecule has 1 heterocycles. The van der Waals surface area contributed by atoms with Gasteiger partial charge in [0.05, 0.1) is 25.8 Å². The van der Waals surface area contributed by atoms with Crippen molar-refractivity contribution in [3.05, 3.63) is 64.3 Å². The van der Waals surface area contributed by atoms with Crippen LogP contribution in [-0.2, 0) is 11.3 Å². The number of fused-ring (bicyclic) bond motifs is 1. The summed E-state index contributed by atoms with van der Waals surface area (Å²) in [7, 11) is 4.93. The maximum absolute atomic E-state index is 6.38. The Hall–Kier alpha value is -2.56. The Morgan fingerprint density at radius 2 is 1.81 bits per heavy atom. The summed E-state index contributed by atoms with van der Waals surface area (Å²) >= 11 is 6.38. The first kappa shape index (κ1) is 18.2. The second kappa shape index (κ2) is 8.21. The topological polar surface area (TPSA) is 40.6 Å². The van der Waals surface area contributed by atoms with Gasteiger partial charge < -0.3 is 14.2 Å². The molecule has 2 aromatic carbocycles. The maximum Gasteiger partial charge on any atom is 0.163 e. The molecule has 0 aliphatic heterocycles. The molecule has 0 saturated heterocycles. The van der Waals surface area contributed by atoms with Gasteiger partial charge in [-0.2, -0.15) is 0 Å². The Kier molecular flexibility index (Phi) is 5.76. The first-order valence-electron chi connectivity index (χ1n) is 8.13. The van der Waals surface area contributed by atoms with Gasteiger partial charge in [0.15, 0.2) is 5.75 Å². The Bertz CT molecular complexity index is 953. The zero-order valence-electron chi connectivity index (χ0n) is 15.0. The van der Waals surface area contributed by atoms with E-state index in [0.717, 1.165) is 33.3 Å². The van der Waals surface area contributed by atoms with Gasteiger partial charge in [-0.1, -0.05) is 35.9 Å². The van der Waals surface area contributed by atoms with Crippen molar-refractivity contribution in [3.63, 3.8) is 0 Å². The molecule has 5 heteroatoms. The third-order valence-electron chi connectivity index (χ3n) is 4.13. The number of hydrogen-bond donors (Lipinski definition) is 0. The van der Waals surface area contributed by atoms with E-state index in [0.29, 0.717) is 17.4 Å². The SMILES string of the molecule is COCc1ccc(OC)cc1/C=C/c1cc(Cl)c(OC)c2ncccc12. The number of halogens is 1. The van der Waals surface area contributed by atoms with Crippen molar-refractivity contribution in [2.24, 2.45) is 0 Å². The average molecular weight is 370 g/mol. The van der Waals surface area contributed by atoms with Crippen LogP contribution in [0.2, 0.25) is 5.02 Å². The van der Waals surface area contributed by atoms with Crippen LogP contribution in [0.1, 0.15) is 16.7 Å². The number of pyridine rings is 1. The van der Waals surface area contributed by atoms with Gasteiger partial charge in [0.2, 0.25) is 0 Å². The molecule has 0 atom stereocenters. The van der Waals surface area contributed by atoms with Gasteiger partial charge in [0.25, 0.3) is 0 Å². The zero-order valence-corrected chi connectivity index (χ0v) is 15.7. The van der Waals surface area contributed by atoms with Crippen molar-refractivity contribution < 1.29 is 14.2 Å². The smallest absolute Gasteiger partial charge is 0.163 e. The number of aromatic nitrogens is 1. The molecule has 0 aliphatic carbocycles. The van der Waals surface area contributed by atoms with Gasteiger partial charge in [0.1, 0.15) is 11.3 Å². The molecule has 26 heavy (non-hydrogen) atoms. The van der Waals surface area contributed by atoms with E-state index in [1.54, 1.807) is 27.5 Å². The number of benzene rings is 2. The van der Waals surface area contributed by atoms with E-state index in [4.69, 9.17) is 25.8 Å². The highest BCUT2D eigenvalue weighted by molar-refractivity contribution is 6.33. The van der Waals surface area contributed by atoms with Crippen LogP contribution >= 0.6 is 11.6 Å². The van der Waals surface area contributed by atoms with Crippen molar-refractivity contribution in [1.29, 1.82) is 0 Å². The predicted octanol–water partition coefficient (Wildman–Crippen LogP) is 5.22. The Morgan fingerprint density at radius 1 is 1.00 bits per heavy atom. The molecule has 4 nitrogen and oxygen atoms in total. The second-order valence-electron chi connectivity index (χ2n) is 5.71. The summed E-state index contributed by atoms with van der Waals surface area (Å²) in [6.45, 7) is 0.523. The molecule has 3 aromatic rings. The molecule has 0 bridgehead atoms. The fraction of sp³-hybridized carbons (Fsp3) is 0.190. The second-order valence-corrected chi connectivity index (χ2v) is 6.12. The highest BCUT2D eigenvalue weighted by atomic mass is 35.5. The fourth-order valence-corrected chi connectivity index (χ4v) is 3.15. The standard InChI is InChI=1S/C21H20ClNO3/c1-24-13-16-8-9-17(25-2)11-14(16)6-7-15-12-19(22)21(26-3)20-18(15)5-4-10-23-20/h4-12H,13H2,1-3H3/b7-6+. The number of methoxy groups -OCH3 is 3. The average Bonchev–Trinajstić information content (AvgIpc) is 2.67. The van der Waals surface area contributed by atoms with E-state index in [1.807, 2.05) is 48.6 Å². The molecular formula is C21H20ClNO3. The molecule has 0 fully saturated rings. The van der Waals surface area contributed by atoms with Crippen LogP contribution in [0.3, 0.4) is 0 Å². The van der Waals surface area contributed by atoms with Crippen LogP contribution < -0.4 is 9.47 Å². The lowest BCUT2D eigenvalue weighted by atomic mass is 10.0. The van der Waals surface area contributed by atoms with Crippen molar-refractivity contribution in [2.75, 3.05) is 21.3 Å². The van der Waals surface area contributed by atoms with Crippen molar-refractivity contribution >= 4 is 34.7 Å². The van der Waals surface area contributed by atoms with Crippen LogP contribution in [0.15, 0.2) is 42.6 Å². The van der Waals surface area contributed by atoms with Crippen LogP contribution in [-0.4, -0.2) is 26.3 Å². The highest BCUT2D eigenvalue weighted by Crippen LogP contribution is 2.35. The first-order chi connectivity index (χ1) is 12.7. The molecule has 0 saturated carbocycles. The van der Waals surface area contributed by atoms with E-state index >= 15 is 0 Å². The maximum atomic E-state index is 6.38. The molecule has 0 N–H and O–H groups in total. The quantitative estimate of drug-likeness (QED) is 0.558. The normalized spacial score (nSPS) is 11.2. The molecule has 0 spiro atoms. The Balaban J connectivity index is 2.09. The summed E-state index contributed by atoms with van der Waals surface area (Å²) in [4.78, 5) is 4.42. The fourth-order valence-electron chi connectivity index (χ4n) is 2.87. The van der Waals surface area contributed by atoms with Crippen LogP contribution in [0.5, 0.6) is 11.5 Å². The summed E-state index contributed by atoms with van der Waals surface area (Å²) < 4.78 is 16.0. The monoisotopic (exact) mass is 369 g/mol. The van der Waals surface area contributed by atoms with Crippen molar-refractivity contribution in [2.45, 2.75) is 6.61 Å². The van der Waals surface area contributed by atoms with Gasteiger partial charge in [-0.25, -0.2) is 0 Å². The number of hydrogen-bond acceptors (Lipinski definition) is 4. The molecule has 1 aromatic heterocycles. The van der Waals surface area contributed by atoms with Crippen LogP contribution in [0, 0.1) is 0 Å². The Labute approximate surface area is 158 Å². The Morgan fingerprint density at radius 3 is 2.54 bits per heavy atom. The molecular weight excluding hydrogens is 350 g/mol. The van der Waals surface area contributed by atoms with E-state index in [-0.39, 0.29) is 0 Å². The molecule has 0 amide bonds. The van der Waals surface area contributed by atoms with Gasteiger partial charge in [-0.15, -0.1) is 0 Å². The largest absolute Gasteiger partial charge is 0.497 e. The zero-order chi connectivity index (χ0) is 18.5. The third kappa shape index (κ3) is 3.66. The summed E-state index contributed by atoms with van der Waals surface area (Å²) in [6, 6.07) is 11.7. The van der Waals surface area contributed by atoms with Gasteiger partial charge >= 0.3 is 0 Å². The van der Waals surface area contributed by atoms with E-state index in [9.17, 15) is 0 Å². The minimum atomic E-state index is 0.523. The molecule has 134 valence electrons. The number of ether oxygens (including phenoxy) is 3. The lowest BCUT2D eigenvalue weighted by Gasteiger charge is -2.10. The van der Waals surface area contributed by atoms with Gasteiger partial charge in [-0.3, -0.25) is 4.98 Å². The van der Waals surface area contributed by atoms with Crippen molar-refractivity contribution in [1.82, 2.24) is 4.98 Å². The third-order valence-corrected chi connectivity index (χ3v) is 4.41. The highest BCUT2D eigenvalue weighted by Gasteiger charge is 2.11. The van der Waals surface area contributed by atoms with E-state index < -0.39 is 0 Å². The van der Waals surface area contributed by atoms with Gasteiger partial charge in [0, 0.05) is 18.7 Å². The van der Waals surface area contributed by atoms with Crippen LogP contribution in [0.25, 0.3) is 23.1 Å². The predicted molar refractivity (Wildman–Crippen MR) is 106 cm³/mol. The van der Waals surface area contributed by atoms with E-state index in [1.165, 1.54) is 0 Å². The molecule has 0 unspecified atom stereocenters. The van der Waals surface area contributed by atoms with E-state index in [2.05, 4.69) is 4.98 Å². The van der Waals surface area contributed by atoms with Crippen molar-refractivity contribution in [3.8, 4) is 11.5 Å². The summed E-state index contributed by atoms with van der Waals surface area (Å²) in [5.74, 6) is 1.38. The minimum Gasteiger partial charge on any atom is -0.497 e. The molecule has 0 radical (unpaired) electrons. The molecule has 3 rings (SSSR count). The van der Waals surface area contributed by atoms with Crippen LogP contribution in [0.4, 0.5) is 0 Å². The minimum absolute atomic E-state index is 0.523. The number of nitrogens with zero attached hydrogens (tertiary/aromatic N) is 1. The summed E-state index contributed by atoms with van der Waals surface area (Å²) in [5.41, 5.74) is 3.80.